The van der Waals surface area contributed by atoms with Gasteiger partial charge in [0.15, 0.2) is 0 Å². The molecule has 0 bridgehead atoms. The molecule has 0 unspecified atom stereocenters. The summed E-state index contributed by atoms with van der Waals surface area (Å²) in [5, 5.41) is 8.75. The van der Waals surface area contributed by atoms with Crippen LogP contribution in [0.15, 0.2) is 0 Å². The fourth-order valence-corrected chi connectivity index (χ4v) is 3.00. The fraction of sp³-hybridized carbons (Fsp3) is 0.750. The number of hydrogen-bond donors (Lipinski definition) is 1. The van der Waals surface area contributed by atoms with Crippen LogP contribution in [-0.4, -0.2) is 27.3 Å². The number of aromatic nitrogens is 2. The van der Waals surface area contributed by atoms with Gasteiger partial charge in [-0.05, 0) is 32.9 Å². The molecule has 2 rings (SSSR count). The molecule has 96 valence electrons. The van der Waals surface area contributed by atoms with Crippen LogP contribution in [0.3, 0.4) is 0 Å². The monoisotopic (exact) mass is 273 g/mol. The molecular weight excluding hydrogens is 254 g/mol. The smallest absolute Gasteiger partial charge is 0.0860 e. The Bertz CT molecular complexity index is 399. The second-order valence-corrected chi connectivity index (χ2v) is 6.30. The number of hydrogen-bond acceptors (Lipinski definition) is 3. The summed E-state index contributed by atoms with van der Waals surface area (Å²) in [5.41, 5.74) is 2.04. The summed E-state index contributed by atoms with van der Waals surface area (Å²) in [6, 6.07) is 0. The number of nitrogens with zero attached hydrogens (tertiary/aromatic N) is 2. The molecule has 1 aliphatic rings. The molecule has 0 atom stereocenters. The van der Waals surface area contributed by atoms with E-state index in [1.807, 2.05) is 23.4 Å². The predicted octanol–water partition coefficient (Wildman–Crippen LogP) is 2.85. The standard InChI is InChI=1S/C12H20ClN3S/c1-4-16-10(11(13)9(2)15-16)7-14-8-12(17-3)5-6-12/h14H,4-8H2,1-3H3. The first-order valence-corrected chi connectivity index (χ1v) is 7.70. The summed E-state index contributed by atoms with van der Waals surface area (Å²) in [5.74, 6) is 0. The number of halogens is 1. The van der Waals surface area contributed by atoms with Gasteiger partial charge in [-0.1, -0.05) is 11.6 Å². The Labute approximate surface area is 112 Å². The molecule has 1 N–H and O–H groups in total. The van der Waals surface area contributed by atoms with E-state index in [-0.39, 0.29) is 0 Å². The van der Waals surface area contributed by atoms with Gasteiger partial charge in [-0.3, -0.25) is 4.68 Å². The first-order valence-electron chi connectivity index (χ1n) is 6.09. The van der Waals surface area contributed by atoms with Gasteiger partial charge in [-0.25, -0.2) is 0 Å². The molecule has 0 amide bonds. The molecule has 17 heavy (non-hydrogen) atoms. The summed E-state index contributed by atoms with van der Waals surface area (Å²) in [4.78, 5) is 0. The second kappa shape index (κ2) is 5.21. The van der Waals surface area contributed by atoms with Gasteiger partial charge < -0.3 is 5.32 Å². The van der Waals surface area contributed by atoms with Crippen molar-refractivity contribution in [1.82, 2.24) is 15.1 Å². The molecule has 3 nitrogen and oxygen atoms in total. The number of rotatable bonds is 6. The Morgan fingerprint density at radius 1 is 1.53 bits per heavy atom. The van der Waals surface area contributed by atoms with E-state index in [0.717, 1.165) is 36.0 Å². The summed E-state index contributed by atoms with van der Waals surface area (Å²) in [7, 11) is 0. The third kappa shape index (κ3) is 2.80. The Hall–Kier alpha value is -0.190. The third-order valence-corrected chi connectivity index (χ3v) is 5.34. The fourth-order valence-electron chi connectivity index (χ4n) is 2.04. The average molecular weight is 274 g/mol. The van der Waals surface area contributed by atoms with Gasteiger partial charge in [-0.2, -0.15) is 16.9 Å². The van der Waals surface area contributed by atoms with Crippen molar-refractivity contribution < 1.29 is 0 Å². The molecule has 0 aromatic carbocycles. The number of aryl methyl sites for hydroxylation is 2. The molecule has 0 saturated heterocycles. The van der Waals surface area contributed by atoms with Gasteiger partial charge >= 0.3 is 0 Å². The first kappa shape index (κ1) is 13.2. The highest BCUT2D eigenvalue weighted by molar-refractivity contribution is 8.00. The Kier molecular flexibility index (Phi) is 4.06. The van der Waals surface area contributed by atoms with Crippen molar-refractivity contribution in [3.8, 4) is 0 Å². The summed E-state index contributed by atoms with van der Waals surface area (Å²) < 4.78 is 2.49. The van der Waals surface area contributed by atoms with Crippen LogP contribution in [-0.2, 0) is 13.1 Å². The topological polar surface area (TPSA) is 29.9 Å². The predicted molar refractivity (Wildman–Crippen MR) is 74.8 cm³/mol. The zero-order chi connectivity index (χ0) is 12.5. The van der Waals surface area contributed by atoms with E-state index in [1.165, 1.54) is 12.8 Å². The van der Waals surface area contributed by atoms with Gasteiger partial charge in [0.25, 0.3) is 0 Å². The van der Waals surface area contributed by atoms with E-state index >= 15 is 0 Å². The Morgan fingerprint density at radius 3 is 2.76 bits per heavy atom. The maximum absolute atomic E-state index is 6.26. The zero-order valence-electron chi connectivity index (χ0n) is 10.7. The molecule has 1 saturated carbocycles. The molecule has 0 spiro atoms. The average Bonchev–Trinajstić information content (AvgIpc) is 3.06. The normalized spacial score (nSPS) is 17.4. The Morgan fingerprint density at radius 2 is 2.24 bits per heavy atom. The lowest BCUT2D eigenvalue weighted by Gasteiger charge is -2.13. The molecule has 1 heterocycles. The lowest BCUT2D eigenvalue weighted by atomic mass is 10.3. The maximum Gasteiger partial charge on any atom is 0.0860 e. The van der Waals surface area contributed by atoms with Gasteiger partial charge in [0, 0.05) is 24.4 Å². The minimum atomic E-state index is 0.499. The lowest BCUT2D eigenvalue weighted by Crippen LogP contribution is -2.26. The highest BCUT2D eigenvalue weighted by Crippen LogP contribution is 2.46. The minimum absolute atomic E-state index is 0.499. The van der Waals surface area contributed by atoms with Gasteiger partial charge in [0.2, 0.25) is 0 Å². The zero-order valence-corrected chi connectivity index (χ0v) is 12.3. The lowest BCUT2D eigenvalue weighted by molar-refractivity contribution is 0.574. The molecule has 5 heteroatoms. The molecule has 1 aromatic rings. The molecule has 1 aliphatic carbocycles. The number of nitrogens with one attached hydrogen (secondary N) is 1. The number of thioether (sulfide) groups is 1. The van der Waals surface area contributed by atoms with E-state index < -0.39 is 0 Å². The van der Waals surface area contributed by atoms with Crippen LogP contribution < -0.4 is 5.32 Å². The highest BCUT2D eigenvalue weighted by atomic mass is 35.5. The van der Waals surface area contributed by atoms with Crippen LogP contribution in [0.25, 0.3) is 0 Å². The summed E-state index contributed by atoms with van der Waals surface area (Å²) in [6.45, 7) is 6.81. The molecular formula is C12H20ClN3S. The van der Waals surface area contributed by atoms with Crippen LogP contribution in [0.2, 0.25) is 5.02 Å². The molecule has 1 aromatic heterocycles. The van der Waals surface area contributed by atoms with Crippen LogP contribution in [0.4, 0.5) is 0 Å². The van der Waals surface area contributed by atoms with E-state index in [9.17, 15) is 0 Å². The maximum atomic E-state index is 6.26. The summed E-state index contributed by atoms with van der Waals surface area (Å²) in [6.07, 6.45) is 4.87. The van der Waals surface area contributed by atoms with E-state index in [2.05, 4.69) is 23.6 Å². The van der Waals surface area contributed by atoms with Crippen LogP contribution in [0.5, 0.6) is 0 Å². The molecule has 0 radical (unpaired) electrons. The van der Waals surface area contributed by atoms with Gasteiger partial charge in [-0.15, -0.1) is 0 Å². The van der Waals surface area contributed by atoms with Crippen LogP contribution in [0.1, 0.15) is 31.2 Å². The van der Waals surface area contributed by atoms with Crippen molar-refractivity contribution in [3.05, 3.63) is 16.4 Å². The SMILES string of the molecule is CCn1nc(C)c(Cl)c1CNCC1(SC)CC1. The minimum Gasteiger partial charge on any atom is -0.310 e. The van der Waals surface area contributed by atoms with Crippen LogP contribution >= 0.6 is 23.4 Å². The second-order valence-electron chi connectivity index (χ2n) is 4.65. The van der Waals surface area contributed by atoms with Crippen LogP contribution in [0, 0.1) is 6.92 Å². The largest absolute Gasteiger partial charge is 0.310 e. The van der Waals surface area contributed by atoms with Crippen molar-refractivity contribution in [2.75, 3.05) is 12.8 Å². The molecule has 0 aliphatic heterocycles. The summed E-state index contributed by atoms with van der Waals surface area (Å²) >= 11 is 8.24. The van der Waals surface area contributed by atoms with Crippen molar-refractivity contribution in [2.45, 2.75) is 44.5 Å². The molecule has 1 fully saturated rings. The van der Waals surface area contributed by atoms with Crippen molar-refractivity contribution in [2.24, 2.45) is 0 Å². The van der Waals surface area contributed by atoms with E-state index in [0.29, 0.717) is 4.75 Å². The van der Waals surface area contributed by atoms with E-state index in [1.54, 1.807) is 0 Å². The first-order chi connectivity index (χ1) is 8.12. The van der Waals surface area contributed by atoms with Crippen molar-refractivity contribution in [1.29, 1.82) is 0 Å². The third-order valence-electron chi connectivity index (χ3n) is 3.43. The quantitative estimate of drug-likeness (QED) is 0.864. The van der Waals surface area contributed by atoms with Gasteiger partial charge in [0.1, 0.15) is 0 Å². The Balaban J connectivity index is 1.94. The van der Waals surface area contributed by atoms with Gasteiger partial charge in [0.05, 0.1) is 16.4 Å². The van der Waals surface area contributed by atoms with E-state index in [4.69, 9.17) is 11.6 Å². The van der Waals surface area contributed by atoms with Crippen molar-refractivity contribution in [3.63, 3.8) is 0 Å². The van der Waals surface area contributed by atoms with Crippen molar-refractivity contribution >= 4 is 23.4 Å². The highest BCUT2D eigenvalue weighted by Gasteiger charge is 2.41.